The van der Waals surface area contributed by atoms with E-state index < -0.39 is 13.8 Å². The van der Waals surface area contributed by atoms with E-state index in [2.05, 4.69) is 69.3 Å². The topological polar surface area (TPSA) is 29.5 Å². The van der Waals surface area contributed by atoms with E-state index in [0.29, 0.717) is 13.1 Å². The van der Waals surface area contributed by atoms with Gasteiger partial charge >= 0.3 is 0 Å². The number of rotatable bonds is 6. The van der Waals surface area contributed by atoms with Crippen LogP contribution in [0.15, 0.2) is 60.7 Å². The Labute approximate surface area is 162 Å². The maximum atomic E-state index is 10.9. The molecule has 0 aromatic heterocycles. The van der Waals surface area contributed by atoms with Crippen molar-refractivity contribution in [1.29, 1.82) is 0 Å². The molecule has 0 aliphatic carbocycles. The Kier molecular flexibility index (Phi) is 5.68. The van der Waals surface area contributed by atoms with Gasteiger partial charge in [0.05, 0.1) is 6.10 Å². The lowest BCUT2D eigenvalue weighted by Gasteiger charge is -2.50. The van der Waals surface area contributed by atoms with E-state index >= 15 is 0 Å². The lowest BCUT2D eigenvalue weighted by atomic mass is 10.2. The van der Waals surface area contributed by atoms with Gasteiger partial charge < -0.3 is 9.22 Å². The summed E-state index contributed by atoms with van der Waals surface area (Å²) in [6.45, 7) is 8.19. The molecule has 0 N–H and O–H groups in total. The molecule has 3 rings (SSSR count). The van der Waals surface area contributed by atoms with Gasteiger partial charge in [0, 0.05) is 13.1 Å². The van der Waals surface area contributed by atoms with Crippen LogP contribution in [0.2, 0.25) is 5.04 Å². The summed E-state index contributed by atoms with van der Waals surface area (Å²) in [4.78, 5) is 12.9. The lowest BCUT2D eigenvalue weighted by molar-refractivity contribution is -0.112. The molecule has 0 bridgehead atoms. The van der Waals surface area contributed by atoms with Crippen LogP contribution in [-0.4, -0.2) is 44.2 Å². The first-order valence-electron chi connectivity index (χ1n) is 9.01. The van der Waals surface area contributed by atoms with Gasteiger partial charge in [0.2, 0.25) is 0 Å². The second-order valence-electron chi connectivity index (χ2n) is 7.87. The van der Waals surface area contributed by atoms with Crippen molar-refractivity contribution in [2.24, 2.45) is 0 Å². The molecule has 0 amide bonds. The molecule has 1 aliphatic heterocycles. The molecule has 1 heterocycles. The van der Waals surface area contributed by atoms with Crippen molar-refractivity contribution < 1.29 is 9.22 Å². The first-order chi connectivity index (χ1) is 12.4. The van der Waals surface area contributed by atoms with Crippen molar-refractivity contribution in [2.75, 3.05) is 13.1 Å². The number of hydrogen-bond acceptors (Lipinski definition) is 3. The van der Waals surface area contributed by atoms with Crippen LogP contribution >= 0.6 is 11.6 Å². The highest BCUT2D eigenvalue weighted by Crippen LogP contribution is 2.38. The van der Waals surface area contributed by atoms with Crippen molar-refractivity contribution in [1.82, 2.24) is 4.90 Å². The molecule has 0 saturated carbocycles. The van der Waals surface area contributed by atoms with Crippen LogP contribution in [0.1, 0.15) is 20.8 Å². The molecule has 3 nitrogen and oxygen atoms in total. The zero-order chi connectivity index (χ0) is 18.8. The third kappa shape index (κ3) is 3.51. The van der Waals surface area contributed by atoms with Gasteiger partial charge in [-0.1, -0.05) is 93.0 Å². The molecule has 1 saturated heterocycles. The number of aldehydes is 1. The van der Waals surface area contributed by atoms with Gasteiger partial charge in [0.25, 0.3) is 8.32 Å². The van der Waals surface area contributed by atoms with Crippen molar-refractivity contribution in [3.05, 3.63) is 60.7 Å². The van der Waals surface area contributed by atoms with E-state index in [-0.39, 0.29) is 11.1 Å². The van der Waals surface area contributed by atoms with Crippen molar-refractivity contribution in [2.45, 2.75) is 37.4 Å². The fourth-order valence-corrected chi connectivity index (χ4v) is 8.60. The Bertz CT molecular complexity index is 687. The summed E-state index contributed by atoms with van der Waals surface area (Å²) in [7, 11) is -2.51. The smallest absolute Gasteiger partial charge is 0.261 e. The monoisotopic (exact) mass is 387 g/mol. The van der Waals surface area contributed by atoms with Crippen LogP contribution in [0.4, 0.5) is 0 Å². The number of halogens is 1. The number of carbonyl (C=O) groups excluding carboxylic acids is 1. The van der Waals surface area contributed by atoms with E-state index in [0.717, 1.165) is 6.29 Å². The second-order valence-corrected chi connectivity index (χ2v) is 12.6. The van der Waals surface area contributed by atoms with Gasteiger partial charge in [0.1, 0.15) is 5.50 Å². The van der Waals surface area contributed by atoms with Gasteiger partial charge in [0.15, 0.2) is 6.29 Å². The Hall–Kier alpha value is -1.46. The molecule has 1 aliphatic rings. The standard InChI is InChI=1S/C21H26ClNO2Si/c1-21(2,3)26(18-10-6-4-7-11-18,19-12-8-5-9-13-19)25-17-14-23(15-17)20(22)16-24/h4-13,16-17,20H,14-15H2,1-3H3/t20-/m1/s1. The lowest BCUT2D eigenvalue weighted by Crippen LogP contribution is -2.71. The summed E-state index contributed by atoms with van der Waals surface area (Å²) in [5.41, 5.74) is -0.561. The highest BCUT2D eigenvalue weighted by atomic mass is 35.5. The maximum Gasteiger partial charge on any atom is 0.261 e. The quantitative estimate of drug-likeness (QED) is 0.330. The number of benzene rings is 2. The molecule has 2 aromatic carbocycles. The molecular formula is C21H26ClNO2Si. The van der Waals surface area contributed by atoms with E-state index in [9.17, 15) is 4.79 Å². The van der Waals surface area contributed by atoms with Crippen molar-refractivity contribution in [3.8, 4) is 0 Å². The van der Waals surface area contributed by atoms with Crippen LogP contribution in [0.25, 0.3) is 0 Å². The number of carbonyl (C=O) groups is 1. The molecule has 1 fully saturated rings. The minimum atomic E-state index is -2.51. The van der Waals surface area contributed by atoms with Gasteiger partial charge in [-0.3, -0.25) is 4.90 Å². The Balaban J connectivity index is 2.01. The molecule has 138 valence electrons. The summed E-state index contributed by atoms with van der Waals surface area (Å²) in [6, 6.07) is 21.2. The van der Waals surface area contributed by atoms with Crippen LogP contribution in [-0.2, 0) is 9.22 Å². The van der Waals surface area contributed by atoms with Gasteiger partial charge in [-0.25, -0.2) is 0 Å². The summed E-state index contributed by atoms with van der Waals surface area (Å²) in [5.74, 6) is 0. The molecule has 2 aromatic rings. The highest BCUT2D eigenvalue weighted by molar-refractivity contribution is 6.99. The predicted octanol–water partition coefficient (Wildman–Crippen LogP) is 3.01. The van der Waals surface area contributed by atoms with E-state index in [1.807, 2.05) is 17.0 Å². The molecule has 1 atom stereocenters. The average Bonchev–Trinajstić information content (AvgIpc) is 2.61. The maximum absolute atomic E-state index is 10.9. The molecule has 0 spiro atoms. The van der Waals surface area contributed by atoms with Gasteiger partial charge in [-0.05, 0) is 15.4 Å². The number of likely N-dealkylation sites (tertiary alicyclic amines) is 1. The number of alkyl halides is 1. The molecule has 26 heavy (non-hydrogen) atoms. The summed E-state index contributed by atoms with van der Waals surface area (Å²) < 4.78 is 6.96. The summed E-state index contributed by atoms with van der Waals surface area (Å²) >= 11 is 6.04. The van der Waals surface area contributed by atoms with Gasteiger partial charge in [-0.15, -0.1) is 0 Å². The molecule has 0 radical (unpaired) electrons. The number of hydrogen-bond donors (Lipinski definition) is 0. The Morgan fingerprint density at radius 3 is 1.88 bits per heavy atom. The van der Waals surface area contributed by atoms with Gasteiger partial charge in [-0.2, -0.15) is 0 Å². The minimum Gasteiger partial charge on any atom is -0.402 e. The minimum absolute atomic E-state index is 0.0405. The van der Waals surface area contributed by atoms with E-state index in [1.165, 1.54) is 10.4 Å². The van der Waals surface area contributed by atoms with E-state index in [4.69, 9.17) is 16.0 Å². The summed E-state index contributed by atoms with van der Waals surface area (Å²) in [5, 5.41) is 2.51. The van der Waals surface area contributed by atoms with Crippen LogP contribution in [0.5, 0.6) is 0 Å². The fraction of sp³-hybridized carbons (Fsp3) is 0.381. The predicted molar refractivity (Wildman–Crippen MR) is 110 cm³/mol. The molecular weight excluding hydrogens is 362 g/mol. The first kappa shape index (κ1) is 19.3. The Morgan fingerprint density at radius 1 is 1.04 bits per heavy atom. The average molecular weight is 388 g/mol. The third-order valence-electron chi connectivity index (χ3n) is 5.10. The molecule has 5 heteroatoms. The van der Waals surface area contributed by atoms with Crippen LogP contribution in [0, 0.1) is 0 Å². The summed E-state index contributed by atoms with van der Waals surface area (Å²) in [6.07, 6.45) is 0.864. The second kappa shape index (κ2) is 7.65. The zero-order valence-electron chi connectivity index (χ0n) is 15.6. The van der Waals surface area contributed by atoms with Crippen LogP contribution < -0.4 is 10.4 Å². The Morgan fingerprint density at radius 2 is 1.50 bits per heavy atom. The van der Waals surface area contributed by atoms with Crippen molar-refractivity contribution in [3.63, 3.8) is 0 Å². The SMILES string of the molecule is CC(C)(C)[Si](OC1CN([C@@H](Cl)C=O)C1)(c1ccccc1)c1ccccc1. The fourth-order valence-electron chi connectivity index (χ4n) is 3.77. The van der Waals surface area contributed by atoms with Crippen molar-refractivity contribution >= 4 is 36.6 Å². The highest BCUT2D eigenvalue weighted by Gasteiger charge is 2.52. The largest absolute Gasteiger partial charge is 0.402 e. The van der Waals surface area contributed by atoms with E-state index in [1.54, 1.807) is 0 Å². The molecule has 0 unspecified atom stereocenters. The van der Waals surface area contributed by atoms with Crippen LogP contribution in [0.3, 0.4) is 0 Å². The third-order valence-corrected chi connectivity index (χ3v) is 10.6. The normalized spacial score (nSPS) is 17.5. The first-order valence-corrected chi connectivity index (χ1v) is 11.4. The number of nitrogens with zero attached hydrogens (tertiary/aromatic N) is 1. The zero-order valence-corrected chi connectivity index (χ0v) is 17.3.